The van der Waals surface area contributed by atoms with E-state index in [1.807, 2.05) is 19.1 Å². The topological polar surface area (TPSA) is 83.4 Å². The second-order valence-electron chi connectivity index (χ2n) is 6.90. The Balaban J connectivity index is 1.85. The number of hydrogen-bond acceptors (Lipinski definition) is 5. The molecule has 3 aromatic rings. The highest BCUT2D eigenvalue weighted by Gasteiger charge is 2.46. The summed E-state index contributed by atoms with van der Waals surface area (Å²) in [5, 5.41) is 11.0. The van der Waals surface area contributed by atoms with Gasteiger partial charge in [-0.25, -0.2) is 0 Å². The maximum absolute atomic E-state index is 12.9. The number of benzene rings is 1. The Labute approximate surface area is 168 Å². The summed E-state index contributed by atoms with van der Waals surface area (Å²) in [6, 6.07) is 15.3. The smallest absolute Gasteiger partial charge is 0.296 e. The van der Waals surface area contributed by atoms with E-state index in [-0.39, 0.29) is 17.9 Å². The van der Waals surface area contributed by atoms with E-state index in [1.165, 1.54) is 4.90 Å². The van der Waals surface area contributed by atoms with Crippen LogP contribution in [0.15, 0.2) is 78.8 Å². The maximum atomic E-state index is 12.9. The molecule has 2 aromatic heterocycles. The number of carbonyl (C=O) groups is 2. The summed E-state index contributed by atoms with van der Waals surface area (Å²) < 4.78 is 0. The van der Waals surface area contributed by atoms with Crippen LogP contribution in [0.25, 0.3) is 5.76 Å². The van der Waals surface area contributed by atoms with Gasteiger partial charge in [0.15, 0.2) is 0 Å². The van der Waals surface area contributed by atoms with Crippen molar-refractivity contribution in [3.63, 3.8) is 0 Å². The molecule has 6 heteroatoms. The average Bonchev–Trinajstić information content (AvgIpc) is 3.00. The number of ketones is 1. The fraction of sp³-hybridized carbons (Fsp3) is 0.130. The number of aliphatic hydroxyl groups excluding tert-OH is 1. The molecule has 4 rings (SSSR count). The lowest BCUT2D eigenvalue weighted by Crippen LogP contribution is -2.29. The van der Waals surface area contributed by atoms with E-state index in [0.717, 1.165) is 11.1 Å². The Morgan fingerprint density at radius 2 is 1.72 bits per heavy atom. The van der Waals surface area contributed by atoms with Crippen molar-refractivity contribution in [3.8, 4) is 0 Å². The molecule has 144 valence electrons. The van der Waals surface area contributed by atoms with Crippen LogP contribution in [0.2, 0.25) is 0 Å². The summed E-state index contributed by atoms with van der Waals surface area (Å²) in [6.07, 6.45) is 4.87. The molecule has 1 aliphatic rings. The van der Waals surface area contributed by atoms with Gasteiger partial charge in [0.2, 0.25) is 0 Å². The monoisotopic (exact) mass is 385 g/mol. The van der Waals surface area contributed by atoms with E-state index in [0.29, 0.717) is 11.3 Å². The van der Waals surface area contributed by atoms with Crippen LogP contribution in [0.4, 0.5) is 0 Å². The first-order valence-corrected chi connectivity index (χ1v) is 9.21. The Bertz CT molecular complexity index is 1080. The van der Waals surface area contributed by atoms with Crippen LogP contribution in [0.1, 0.15) is 28.4 Å². The van der Waals surface area contributed by atoms with Crippen molar-refractivity contribution in [2.45, 2.75) is 19.5 Å². The van der Waals surface area contributed by atoms with Crippen LogP contribution in [-0.2, 0) is 16.1 Å². The number of rotatable bonds is 4. The highest BCUT2D eigenvalue weighted by Crippen LogP contribution is 2.39. The van der Waals surface area contributed by atoms with Crippen LogP contribution in [0.3, 0.4) is 0 Å². The van der Waals surface area contributed by atoms with Gasteiger partial charge in [0, 0.05) is 30.7 Å². The van der Waals surface area contributed by atoms with E-state index < -0.39 is 17.7 Å². The van der Waals surface area contributed by atoms with Gasteiger partial charge in [-0.2, -0.15) is 0 Å². The van der Waals surface area contributed by atoms with Crippen LogP contribution >= 0.6 is 0 Å². The van der Waals surface area contributed by atoms with Crippen LogP contribution in [-0.4, -0.2) is 31.7 Å². The molecule has 1 aliphatic heterocycles. The van der Waals surface area contributed by atoms with Crippen molar-refractivity contribution in [2.75, 3.05) is 0 Å². The molecule has 0 radical (unpaired) electrons. The Morgan fingerprint density at radius 3 is 2.38 bits per heavy atom. The molecular formula is C23H19N3O3. The quantitative estimate of drug-likeness (QED) is 0.423. The lowest BCUT2D eigenvalue weighted by molar-refractivity contribution is -0.140. The zero-order chi connectivity index (χ0) is 20.4. The molecule has 29 heavy (non-hydrogen) atoms. The molecule has 0 saturated carbocycles. The van der Waals surface area contributed by atoms with E-state index in [4.69, 9.17) is 0 Å². The number of amides is 1. The summed E-state index contributed by atoms with van der Waals surface area (Å²) in [7, 11) is 0. The standard InChI is InChI=1S/C23H19N3O3/c1-15-5-7-17(8-6-15)21(27)19-20(18-4-2-3-11-25-18)26(23(29)22(19)28)14-16-9-12-24-13-10-16/h2-13,20,27H,14H2,1H3/b21-19-. The van der Waals surface area contributed by atoms with Gasteiger partial charge in [-0.15, -0.1) is 0 Å². The molecule has 1 fully saturated rings. The van der Waals surface area contributed by atoms with Crippen LogP contribution in [0, 0.1) is 6.92 Å². The SMILES string of the molecule is Cc1ccc(/C(O)=C2/C(=O)C(=O)N(Cc3ccncc3)C2c2ccccn2)cc1. The van der Waals surface area contributed by atoms with Crippen molar-refractivity contribution >= 4 is 17.4 Å². The number of aryl methyl sites for hydroxylation is 1. The first kappa shape index (κ1) is 18.6. The van der Waals surface area contributed by atoms with Gasteiger partial charge in [-0.3, -0.25) is 19.6 Å². The van der Waals surface area contributed by atoms with E-state index in [2.05, 4.69) is 9.97 Å². The highest BCUT2D eigenvalue weighted by atomic mass is 16.3. The molecule has 0 spiro atoms. The molecule has 1 N–H and O–H groups in total. The maximum Gasteiger partial charge on any atom is 0.296 e. The average molecular weight is 385 g/mol. The third kappa shape index (κ3) is 3.52. The predicted molar refractivity (Wildman–Crippen MR) is 107 cm³/mol. The number of aromatic nitrogens is 2. The van der Waals surface area contributed by atoms with Crippen molar-refractivity contribution < 1.29 is 14.7 Å². The largest absolute Gasteiger partial charge is 0.507 e. The second-order valence-corrected chi connectivity index (χ2v) is 6.90. The van der Waals surface area contributed by atoms with Crippen molar-refractivity contribution in [2.24, 2.45) is 0 Å². The predicted octanol–water partition coefficient (Wildman–Crippen LogP) is 3.41. The Hall–Kier alpha value is -3.80. The highest BCUT2D eigenvalue weighted by molar-refractivity contribution is 6.46. The summed E-state index contributed by atoms with van der Waals surface area (Å²) in [5.74, 6) is -1.57. The third-order valence-corrected chi connectivity index (χ3v) is 4.94. The van der Waals surface area contributed by atoms with Gasteiger partial charge >= 0.3 is 0 Å². The summed E-state index contributed by atoms with van der Waals surface area (Å²) in [6.45, 7) is 2.14. The first-order valence-electron chi connectivity index (χ1n) is 9.21. The molecular weight excluding hydrogens is 366 g/mol. The fourth-order valence-corrected chi connectivity index (χ4v) is 3.44. The van der Waals surface area contributed by atoms with Crippen molar-refractivity contribution in [1.29, 1.82) is 0 Å². The minimum atomic E-state index is -0.773. The van der Waals surface area contributed by atoms with Crippen molar-refractivity contribution in [1.82, 2.24) is 14.9 Å². The summed E-state index contributed by atoms with van der Waals surface area (Å²) in [5.41, 5.74) is 2.92. The molecule has 1 atom stereocenters. The van der Waals surface area contributed by atoms with Gasteiger partial charge in [0.1, 0.15) is 11.8 Å². The molecule has 1 amide bonds. The molecule has 1 unspecified atom stereocenters. The van der Waals surface area contributed by atoms with Gasteiger partial charge in [-0.05, 0) is 36.8 Å². The molecule has 1 aromatic carbocycles. The summed E-state index contributed by atoms with van der Waals surface area (Å²) in [4.78, 5) is 35.6. The second kappa shape index (κ2) is 7.67. The van der Waals surface area contributed by atoms with Gasteiger partial charge in [0.25, 0.3) is 11.7 Å². The molecule has 6 nitrogen and oxygen atoms in total. The molecule has 1 saturated heterocycles. The molecule has 0 bridgehead atoms. The van der Waals surface area contributed by atoms with E-state index >= 15 is 0 Å². The van der Waals surface area contributed by atoms with Crippen LogP contribution in [0.5, 0.6) is 0 Å². The van der Waals surface area contributed by atoms with E-state index in [1.54, 1.807) is 61.1 Å². The van der Waals surface area contributed by atoms with Gasteiger partial charge < -0.3 is 10.0 Å². The minimum absolute atomic E-state index is 0.0478. The number of Topliss-reactive ketones (excluding diaryl/α,β-unsaturated/α-hetero) is 1. The molecule has 3 heterocycles. The Kier molecular flexibility index (Phi) is 4.91. The van der Waals surface area contributed by atoms with Crippen molar-refractivity contribution in [3.05, 3.63) is 101 Å². The normalized spacial score (nSPS) is 18.2. The molecule has 0 aliphatic carbocycles. The number of nitrogens with zero attached hydrogens (tertiary/aromatic N) is 3. The lowest BCUT2D eigenvalue weighted by atomic mass is 9.98. The number of carbonyl (C=O) groups excluding carboxylic acids is 2. The first-order chi connectivity index (χ1) is 14.1. The number of likely N-dealkylation sites (tertiary alicyclic amines) is 1. The number of hydrogen-bond donors (Lipinski definition) is 1. The van der Waals surface area contributed by atoms with Crippen LogP contribution < -0.4 is 0 Å². The minimum Gasteiger partial charge on any atom is -0.507 e. The number of aliphatic hydroxyl groups is 1. The van der Waals surface area contributed by atoms with Gasteiger partial charge in [0.05, 0.1) is 11.3 Å². The summed E-state index contributed by atoms with van der Waals surface area (Å²) >= 11 is 0. The Morgan fingerprint density at radius 1 is 1.00 bits per heavy atom. The lowest BCUT2D eigenvalue weighted by Gasteiger charge is -2.24. The number of pyridine rings is 2. The van der Waals surface area contributed by atoms with E-state index in [9.17, 15) is 14.7 Å². The third-order valence-electron chi connectivity index (χ3n) is 4.94. The van der Waals surface area contributed by atoms with Gasteiger partial charge in [-0.1, -0.05) is 35.9 Å². The zero-order valence-electron chi connectivity index (χ0n) is 15.8. The fourth-order valence-electron chi connectivity index (χ4n) is 3.44. The zero-order valence-corrected chi connectivity index (χ0v) is 15.8.